The molecule has 1 aliphatic heterocycles. The van der Waals surface area contributed by atoms with Crippen molar-refractivity contribution in [1.29, 1.82) is 0 Å². The lowest BCUT2D eigenvalue weighted by Gasteiger charge is -2.14. The second-order valence-electron chi connectivity index (χ2n) is 4.04. The van der Waals surface area contributed by atoms with Gasteiger partial charge in [-0.3, -0.25) is 0 Å². The fraction of sp³-hybridized carbons (Fsp3) is 0.417. The molecular formula is C12H14ClNO4. The molecule has 5 nitrogen and oxygen atoms in total. The van der Waals surface area contributed by atoms with Crippen LogP contribution in [0.2, 0.25) is 5.02 Å². The number of halogens is 1. The fourth-order valence-corrected chi connectivity index (χ4v) is 1.99. The van der Waals surface area contributed by atoms with E-state index in [-0.39, 0.29) is 12.8 Å². The van der Waals surface area contributed by atoms with Crippen LogP contribution in [0.4, 0.5) is 4.79 Å². The maximum Gasteiger partial charge on any atom is 0.407 e. The maximum absolute atomic E-state index is 11.1. The lowest BCUT2D eigenvalue weighted by atomic mass is 10.1. The molecule has 0 aromatic heterocycles. The molecule has 1 unspecified atom stereocenters. The van der Waals surface area contributed by atoms with Crippen LogP contribution in [0, 0.1) is 0 Å². The van der Waals surface area contributed by atoms with E-state index in [9.17, 15) is 4.79 Å². The second kappa shape index (κ2) is 5.35. The molecule has 0 spiro atoms. The number of rotatable bonds is 3. The van der Waals surface area contributed by atoms with Crippen molar-refractivity contribution in [3.05, 3.63) is 22.7 Å². The van der Waals surface area contributed by atoms with Crippen LogP contribution in [0.15, 0.2) is 12.1 Å². The van der Waals surface area contributed by atoms with Gasteiger partial charge >= 0.3 is 6.09 Å². The lowest BCUT2D eigenvalue weighted by Crippen LogP contribution is -2.33. The maximum atomic E-state index is 11.1. The van der Waals surface area contributed by atoms with E-state index in [0.717, 1.165) is 5.56 Å². The number of nitrogens with one attached hydrogen (secondary N) is 1. The lowest BCUT2D eigenvalue weighted by molar-refractivity contribution is 0.167. The number of hydrogen-bond acceptors (Lipinski definition) is 4. The van der Waals surface area contributed by atoms with Gasteiger partial charge < -0.3 is 19.5 Å². The highest BCUT2D eigenvalue weighted by molar-refractivity contribution is 6.31. The van der Waals surface area contributed by atoms with E-state index in [0.29, 0.717) is 22.9 Å². The first-order valence-electron chi connectivity index (χ1n) is 5.52. The van der Waals surface area contributed by atoms with Crippen LogP contribution in [0.3, 0.4) is 0 Å². The van der Waals surface area contributed by atoms with E-state index in [2.05, 4.69) is 10.1 Å². The number of fused-ring (bicyclic) bond motifs is 1. The van der Waals surface area contributed by atoms with E-state index in [1.165, 1.54) is 7.11 Å². The normalized spacial score (nSPS) is 14.2. The monoisotopic (exact) mass is 271 g/mol. The molecule has 98 valence electrons. The van der Waals surface area contributed by atoms with E-state index in [1.54, 1.807) is 6.07 Å². The number of benzene rings is 1. The molecule has 0 aliphatic carbocycles. The predicted octanol–water partition coefficient (Wildman–Crippen LogP) is 2.36. The second-order valence-corrected chi connectivity index (χ2v) is 4.45. The molecule has 1 aromatic rings. The van der Waals surface area contributed by atoms with Crippen LogP contribution >= 0.6 is 11.6 Å². The minimum absolute atomic E-state index is 0.0877. The molecular weight excluding hydrogens is 258 g/mol. The molecule has 0 saturated heterocycles. The van der Waals surface area contributed by atoms with Gasteiger partial charge in [-0.1, -0.05) is 11.6 Å². The predicted molar refractivity (Wildman–Crippen MR) is 66.3 cm³/mol. The largest absolute Gasteiger partial charge is 0.454 e. The molecule has 18 heavy (non-hydrogen) atoms. The molecule has 6 heteroatoms. The number of ether oxygens (including phenoxy) is 3. The van der Waals surface area contributed by atoms with Crippen LogP contribution in [0.1, 0.15) is 12.5 Å². The highest BCUT2D eigenvalue weighted by Gasteiger charge is 2.18. The first kappa shape index (κ1) is 12.8. The highest BCUT2D eigenvalue weighted by Crippen LogP contribution is 2.37. The Morgan fingerprint density at radius 3 is 2.83 bits per heavy atom. The number of carbonyl (C=O) groups is 1. The Morgan fingerprint density at radius 1 is 1.50 bits per heavy atom. The Hall–Kier alpha value is -1.62. The van der Waals surface area contributed by atoms with Gasteiger partial charge in [-0.25, -0.2) is 4.79 Å². The first-order valence-corrected chi connectivity index (χ1v) is 5.90. The minimum atomic E-state index is -0.459. The molecule has 1 aliphatic rings. The summed E-state index contributed by atoms with van der Waals surface area (Å²) in [6, 6.07) is 3.47. The summed E-state index contributed by atoms with van der Waals surface area (Å²) >= 11 is 6.14. The summed E-state index contributed by atoms with van der Waals surface area (Å²) in [7, 11) is 1.33. The summed E-state index contributed by atoms with van der Waals surface area (Å²) in [5.74, 6) is 1.33. The topological polar surface area (TPSA) is 56.8 Å². The molecule has 1 heterocycles. The summed E-state index contributed by atoms with van der Waals surface area (Å²) in [5, 5.41) is 3.28. The van der Waals surface area contributed by atoms with Gasteiger partial charge in [0.05, 0.1) is 7.11 Å². The summed E-state index contributed by atoms with van der Waals surface area (Å²) in [6.07, 6.45) is 0.129. The molecule has 0 fully saturated rings. The van der Waals surface area contributed by atoms with Crippen molar-refractivity contribution in [3.63, 3.8) is 0 Å². The molecule has 0 saturated carbocycles. The van der Waals surface area contributed by atoms with Gasteiger partial charge in [0.15, 0.2) is 11.5 Å². The van der Waals surface area contributed by atoms with Gasteiger partial charge in [-0.2, -0.15) is 0 Å². The minimum Gasteiger partial charge on any atom is -0.454 e. The van der Waals surface area contributed by atoms with Crippen molar-refractivity contribution >= 4 is 17.7 Å². The molecule has 1 aromatic carbocycles. The highest BCUT2D eigenvalue weighted by atomic mass is 35.5. The van der Waals surface area contributed by atoms with Crippen LogP contribution in [0.25, 0.3) is 0 Å². The van der Waals surface area contributed by atoms with Crippen molar-refractivity contribution in [2.45, 2.75) is 19.4 Å². The number of alkyl carbamates (subject to hydrolysis) is 1. The smallest absolute Gasteiger partial charge is 0.407 e. The summed E-state index contributed by atoms with van der Waals surface area (Å²) < 4.78 is 15.0. The molecule has 2 rings (SSSR count). The Bertz CT molecular complexity index is 464. The summed E-state index contributed by atoms with van der Waals surface area (Å²) in [5.41, 5.74) is 0.893. The Kier molecular flexibility index (Phi) is 3.81. The third-order valence-corrected chi connectivity index (χ3v) is 2.97. The Morgan fingerprint density at radius 2 is 2.17 bits per heavy atom. The zero-order valence-electron chi connectivity index (χ0n) is 10.2. The summed E-state index contributed by atoms with van der Waals surface area (Å²) in [4.78, 5) is 11.1. The summed E-state index contributed by atoms with van der Waals surface area (Å²) in [6.45, 7) is 2.09. The quantitative estimate of drug-likeness (QED) is 0.917. The molecule has 0 radical (unpaired) electrons. The van der Waals surface area contributed by atoms with Crippen LogP contribution < -0.4 is 14.8 Å². The number of amides is 1. The first-order chi connectivity index (χ1) is 8.60. The van der Waals surface area contributed by atoms with E-state index in [4.69, 9.17) is 21.1 Å². The third-order valence-electron chi connectivity index (χ3n) is 2.62. The fourth-order valence-electron chi connectivity index (χ4n) is 1.76. The van der Waals surface area contributed by atoms with Crippen molar-refractivity contribution in [2.75, 3.05) is 13.9 Å². The van der Waals surface area contributed by atoms with Crippen molar-refractivity contribution in [2.24, 2.45) is 0 Å². The molecule has 0 bridgehead atoms. The van der Waals surface area contributed by atoms with Gasteiger partial charge in [0.1, 0.15) is 0 Å². The van der Waals surface area contributed by atoms with E-state index >= 15 is 0 Å². The van der Waals surface area contributed by atoms with Gasteiger partial charge in [0.25, 0.3) is 0 Å². The molecule has 1 atom stereocenters. The zero-order valence-corrected chi connectivity index (χ0v) is 10.9. The van der Waals surface area contributed by atoms with Crippen molar-refractivity contribution in [1.82, 2.24) is 5.32 Å². The third kappa shape index (κ3) is 2.79. The van der Waals surface area contributed by atoms with Crippen molar-refractivity contribution in [3.8, 4) is 11.5 Å². The van der Waals surface area contributed by atoms with Crippen LogP contribution in [0.5, 0.6) is 11.5 Å². The van der Waals surface area contributed by atoms with Gasteiger partial charge in [0.2, 0.25) is 6.79 Å². The van der Waals surface area contributed by atoms with Crippen LogP contribution in [-0.2, 0) is 11.2 Å². The average molecular weight is 272 g/mol. The number of methoxy groups -OCH3 is 1. The molecule has 1 N–H and O–H groups in total. The standard InChI is InChI=1S/C12H14ClNO4/c1-7(14-12(15)16-2)3-8-4-10-11(5-9(8)13)18-6-17-10/h4-5,7H,3,6H2,1-2H3,(H,14,15). The van der Waals surface area contributed by atoms with Gasteiger partial charge in [0, 0.05) is 17.1 Å². The number of carbonyl (C=O) groups excluding carboxylic acids is 1. The van der Waals surface area contributed by atoms with Gasteiger partial charge in [-0.15, -0.1) is 0 Å². The average Bonchev–Trinajstić information content (AvgIpc) is 2.76. The molecule has 1 amide bonds. The van der Waals surface area contributed by atoms with E-state index in [1.807, 2.05) is 13.0 Å². The Balaban J connectivity index is 2.07. The SMILES string of the molecule is COC(=O)NC(C)Cc1cc2c(cc1Cl)OCO2. The van der Waals surface area contributed by atoms with E-state index < -0.39 is 6.09 Å². The number of hydrogen-bond donors (Lipinski definition) is 1. The van der Waals surface area contributed by atoms with Crippen molar-refractivity contribution < 1.29 is 19.0 Å². The van der Waals surface area contributed by atoms with Gasteiger partial charge in [-0.05, 0) is 25.0 Å². The van der Waals surface area contributed by atoms with Crippen LogP contribution in [-0.4, -0.2) is 26.0 Å². The Labute approximate surface area is 110 Å². The zero-order chi connectivity index (χ0) is 13.1.